The van der Waals surface area contributed by atoms with E-state index in [0.717, 1.165) is 0 Å². The Kier molecular flexibility index (Phi) is 26.7. The van der Waals surface area contributed by atoms with Crippen molar-refractivity contribution in [3.8, 4) is 0 Å². The van der Waals surface area contributed by atoms with Crippen molar-refractivity contribution in [1.29, 1.82) is 0 Å². The van der Waals surface area contributed by atoms with Gasteiger partial charge in [-0.2, -0.15) is 11.8 Å². The predicted molar refractivity (Wildman–Crippen MR) is 130 cm³/mol. The Morgan fingerprint density at radius 2 is 0.741 bits per heavy atom. The topological polar surface area (TPSA) is 0 Å². The van der Waals surface area contributed by atoms with Crippen LogP contribution in [-0.4, -0.2) is 5.75 Å². The molecule has 0 saturated heterocycles. The summed E-state index contributed by atoms with van der Waals surface area (Å²) in [4.78, 5) is 0. The zero-order valence-electron chi connectivity index (χ0n) is 19.2. The Bertz CT molecular complexity index is 214. The van der Waals surface area contributed by atoms with Gasteiger partial charge < -0.3 is 0 Å². The first-order valence-electron chi connectivity index (χ1n) is 12.8. The van der Waals surface area contributed by atoms with Gasteiger partial charge in [-0.3, -0.25) is 0 Å². The number of thioether (sulfide) groups is 1. The van der Waals surface area contributed by atoms with E-state index in [1.165, 1.54) is 147 Å². The molecule has 27 heavy (non-hydrogen) atoms. The molecule has 0 aliphatic carbocycles. The fourth-order valence-electron chi connectivity index (χ4n) is 3.73. The molecule has 0 heterocycles. The summed E-state index contributed by atoms with van der Waals surface area (Å²) in [6, 6.07) is 0. The molecule has 0 aliphatic heterocycles. The molecule has 0 fully saturated rings. The van der Waals surface area contributed by atoms with Crippen molar-refractivity contribution in [3.05, 3.63) is 5.75 Å². The minimum Gasteiger partial charge on any atom is -0.157 e. The Labute approximate surface area is 178 Å². The first-order chi connectivity index (χ1) is 13.4. The number of hydrogen-bond acceptors (Lipinski definition) is 1. The van der Waals surface area contributed by atoms with Crippen molar-refractivity contribution >= 4 is 11.8 Å². The van der Waals surface area contributed by atoms with E-state index in [-0.39, 0.29) is 0 Å². The fraction of sp³-hybridized carbons (Fsp3) is 0.962. The Hall–Kier alpha value is 0.350. The third-order valence-corrected chi connectivity index (χ3v) is 6.65. The van der Waals surface area contributed by atoms with Gasteiger partial charge in [0.25, 0.3) is 0 Å². The molecule has 0 atom stereocenters. The van der Waals surface area contributed by atoms with Crippen molar-refractivity contribution < 1.29 is 0 Å². The highest BCUT2D eigenvalue weighted by atomic mass is 32.2. The highest BCUT2D eigenvalue weighted by Crippen LogP contribution is 2.17. The lowest BCUT2D eigenvalue weighted by Crippen LogP contribution is -1.84. The molecule has 1 radical (unpaired) electrons. The lowest BCUT2D eigenvalue weighted by Gasteiger charge is -2.04. The van der Waals surface area contributed by atoms with Crippen LogP contribution >= 0.6 is 11.8 Å². The third-order valence-electron chi connectivity index (χ3n) is 5.66. The lowest BCUT2D eigenvalue weighted by atomic mass is 10.0. The second-order valence-corrected chi connectivity index (χ2v) is 9.62. The minimum atomic E-state index is 1.33. The maximum absolute atomic E-state index is 2.47. The molecule has 0 nitrogen and oxygen atoms in total. The van der Waals surface area contributed by atoms with Gasteiger partial charge in [0.05, 0.1) is 0 Å². The van der Waals surface area contributed by atoms with Gasteiger partial charge in [0.2, 0.25) is 0 Å². The van der Waals surface area contributed by atoms with E-state index >= 15 is 0 Å². The summed E-state index contributed by atoms with van der Waals surface area (Å²) in [5.41, 5.74) is 0. The van der Waals surface area contributed by atoms with E-state index in [0.29, 0.717) is 0 Å². The van der Waals surface area contributed by atoms with Crippen LogP contribution in [0.15, 0.2) is 0 Å². The zero-order chi connectivity index (χ0) is 19.7. The minimum absolute atomic E-state index is 1.33. The van der Waals surface area contributed by atoms with Crippen LogP contribution in [0.2, 0.25) is 0 Å². The fourth-order valence-corrected chi connectivity index (χ4v) is 4.60. The van der Waals surface area contributed by atoms with Crippen molar-refractivity contribution in [2.45, 2.75) is 155 Å². The van der Waals surface area contributed by atoms with Crippen LogP contribution in [-0.2, 0) is 0 Å². The average molecular weight is 398 g/mol. The number of hydrogen-bond donors (Lipinski definition) is 0. The Balaban J connectivity index is 2.95. The summed E-state index contributed by atoms with van der Waals surface area (Å²) >= 11 is 2.07. The highest BCUT2D eigenvalue weighted by molar-refractivity contribution is 8.01. The van der Waals surface area contributed by atoms with E-state index in [9.17, 15) is 0 Å². The zero-order valence-corrected chi connectivity index (χ0v) is 20.1. The van der Waals surface area contributed by atoms with Crippen LogP contribution in [0, 0.1) is 5.75 Å². The largest absolute Gasteiger partial charge is 0.157 e. The van der Waals surface area contributed by atoms with E-state index in [1.54, 1.807) is 0 Å². The van der Waals surface area contributed by atoms with Gasteiger partial charge in [-0.1, -0.05) is 142 Å². The monoisotopic (exact) mass is 397 g/mol. The molecule has 0 amide bonds. The second-order valence-electron chi connectivity index (χ2n) is 8.54. The van der Waals surface area contributed by atoms with Crippen molar-refractivity contribution in [1.82, 2.24) is 0 Å². The van der Waals surface area contributed by atoms with Crippen molar-refractivity contribution in [2.75, 3.05) is 5.75 Å². The molecule has 0 aromatic heterocycles. The van der Waals surface area contributed by atoms with Crippen LogP contribution in [0.4, 0.5) is 0 Å². The first-order valence-corrected chi connectivity index (χ1v) is 13.9. The normalized spacial score (nSPS) is 11.3. The average Bonchev–Trinajstić information content (AvgIpc) is 2.68. The third kappa shape index (κ3) is 26.4. The van der Waals surface area contributed by atoms with Crippen LogP contribution in [0.25, 0.3) is 0 Å². The Morgan fingerprint density at radius 3 is 1.15 bits per heavy atom. The Morgan fingerprint density at radius 1 is 0.407 bits per heavy atom. The summed E-state index contributed by atoms with van der Waals surface area (Å²) in [6.45, 7) is 4.59. The van der Waals surface area contributed by atoms with Gasteiger partial charge in [0.1, 0.15) is 0 Å². The van der Waals surface area contributed by atoms with Gasteiger partial charge in [-0.05, 0) is 18.6 Å². The summed E-state index contributed by atoms with van der Waals surface area (Å²) in [5, 5.41) is 0. The summed E-state index contributed by atoms with van der Waals surface area (Å²) in [7, 11) is 0. The van der Waals surface area contributed by atoms with E-state index in [4.69, 9.17) is 0 Å². The SMILES string of the molecule is CCCCCCCCCCCCCCCCCCC[CH]SCCCCCC. The van der Waals surface area contributed by atoms with Gasteiger partial charge in [-0.25, -0.2) is 0 Å². The molecule has 0 aliphatic rings. The van der Waals surface area contributed by atoms with E-state index in [2.05, 4.69) is 31.4 Å². The molecule has 0 aromatic rings. The second kappa shape index (κ2) is 26.4. The smallest absolute Gasteiger partial charge is 0.0166 e. The molecule has 0 bridgehead atoms. The van der Waals surface area contributed by atoms with Crippen LogP contribution in [0.3, 0.4) is 0 Å². The van der Waals surface area contributed by atoms with E-state index in [1.807, 2.05) is 0 Å². The predicted octanol–water partition coefficient (Wildman–Crippen LogP) is 10.5. The molecular formula is C26H53S. The molecule has 0 rings (SSSR count). The molecule has 0 saturated carbocycles. The molecule has 0 N–H and O–H groups in total. The van der Waals surface area contributed by atoms with E-state index < -0.39 is 0 Å². The molecule has 1 heteroatoms. The lowest BCUT2D eigenvalue weighted by molar-refractivity contribution is 0.527. The van der Waals surface area contributed by atoms with Crippen molar-refractivity contribution in [2.24, 2.45) is 0 Å². The molecule has 0 aromatic carbocycles. The van der Waals surface area contributed by atoms with Gasteiger partial charge in [-0.15, -0.1) is 0 Å². The first kappa shape index (κ1) is 27.4. The maximum Gasteiger partial charge on any atom is 0.0166 e. The van der Waals surface area contributed by atoms with Gasteiger partial charge >= 0.3 is 0 Å². The summed E-state index contributed by atoms with van der Waals surface area (Å²) in [6.07, 6.45) is 31.9. The molecule has 0 unspecified atom stereocenters. The molecule has 163 valence electrons. The van der Waals surface area contributed by atoms with Crippen LogP contribution in [0.1, 0.15) is 155 Å². The standard InChI is InChI=1S/C26H53S/c1-3-5-7-9-10-11-12-13-14-15-16-17-18-19-20-21-22-24-26-27-25-23-8-6-4-2/h26H,3-25H2,1-2H3. The number of unbranched alkanes of at least 4 members (excludes halogenated alkanes) is 20. The van der Waals surface area contributed by atoms with Crippen molar-refractivity contribution in [3.63, 3.8) is 0 Å². The molecular weight excluding hydrogens is 344 g/mol. The highest BCUT2D eigenvalue weighted by Gasteiger charge is 1.96. The van der Waals surface area contributed by atoms with Crippen LogP contribution in [0.5, 0.6) is 0 Å². The number of rotatable bonds is 24. The molecule has 0 spiro atoms. The van der Waals surface area contributed by atoms with Gasteiger partial charge in [0, 0.05) is 5.75 Å². The van der Waals surface area contributed by atoms with Gasteiger partial charge in [0.15, 0.2) is 0 Å². The summed E-state index contributed by atoms with van der Waals surface area (Å²) < 4.78 is 0. The quantitative estimate of drug-likeness (QED) is 0.146. The van der Waals surface area contributed by atoms with Crippen LogP contribution < -0.4 is 0 Å². The maximum atomic E-state index is 2.47. The summed E-state index contributed by atoms with van der Waals surface area (Å²) in [5.74, 6) is 3.82.